The normalized spacial score (nSPS) is 13.2. The Kier molecular flexibility index (Phi) is 14.7. The van der Waals surface area contributed by atoms with Crippen LogP contribution >= 0.6 is 0 Å². The zero-order valence-corrected chi connectivity index (χ0v) is 30.5. The summed E-state index contributed by atoms with van der Waals surface area (Å²) in [6.45, 7) is 29.1. The van der Waals surface area contributed by atoms with Crippen molar-refractivity contribution >= 4 is 35.4 Å². The van der Waals surface area contributed by atoms with E-state index in [4.69, 9.17) is 4.99 Å². The Hall–Kier alpha value is -4.43. The Morgan fingerprint density at radius 3 is 2.00 bits per heavy atom. The molecule has 0 atom stereocenters. The highest BCUT2D eigenvalue weighted by molar-refractivity contribution is 5.98. The van der Waals surface area contributed by atoms with Crippen LogP contribution in [-0.2, 0) is 5.41 Å². The molecule has 242 valence electrons. The SMILES string of the molecule is C=CC1=C(C)c2ccc(N/C=c3\c4cc(C)c(-c5ccccc5)c3=CC=Nc3ccccc3-4)cc2C1(C)C.CC.CC.CC.CC. The fraction of sp³-hybridized carbons (Fsp3) is 0.295. The number of nitrogens with zero attached hydrogens (tertiary/aromatic N) is 1. The van der Waals surface area contributed by atoms with Crippen LogP contribution in [-0.4, -0.2) is 6.21 Å². The van der Waals surface area contributed by atoms with Gasteiger partial charge in [-0.3, -0.25) is 4.99 Å². The highest BCUT2D eigenvalue weighted by Gasteiger charge is 2.34. The Morgan fingerprint density at radius 2 is 1.35 bits per heavy atom. The third-order valence-corrected chi connectivity index (χ3v) is 8.08. The van der Waals surface area contributed by atoms with Crippen LogP contribution < -0.4 is 15.8 Å². The van der Waals surface area contributed by atoms with Gasteiger partial charge in [0.2, 0.25) is 0 Å². The summed E-state index contributed by atoms with van der Waals surface area (Å²) in [6.07, 6.45) is 8.26. The first-order valence-corrected chi connectivity index (χ1v) is 17.2. The van der Waals surface area contributed by atoms with Crippen LogP contribution in [0.25, 0.3) is 40.1 Å². The van der Waals surface area contributed by atoms with Crippen molar-refractivity contribution < 1.29 is 0 Å². The second kappa shape index (κ2) is 17.9. The summed E-state index contributed by atoms with van der Waals surface area (Å²) < 4.78 is 0. The van der Waals surface area contributed by atoms with Gasteiger partial charge in [-0.1, -0.05) is 143 Å². The van der Waals surface area contributed by atoms with E-state index in [2.05, 4.69) is 125 Å². The molecule has 0 spiro atoms. The molecule has 1 heterocycles. The lowest BCUT2D eigenvalue weighted by Gasteiger charge is -2.23. The number of benzene rings is 4. The molecule has 0 radical (unpaired) electrons. The molecule has 0 unspecified atom stereocenters. The van der Waals surface area contributed by atoms with Crippen LogP contribution in [0, 0.1) is 6.92 Å². The summed E-state index contributed by atoms with van der Waals surface area (Å²) in [5.41, 5.74) is 13.3. The molecule has 2 nitrogen and oxygen atoms in total. The summed E-state index contributed by atoms with van der Waals surface area (Å²) in [6, 6.07) is 28.0. The Morgan fingerprint density at radius 1 is 0.717 bits per heavy atom. The number of fused-ring (bicyclic) bond motifs is 5. The molecular weight excluding hydrogens is 556 g/mol. The molecule has 2 bridgehead atoms. The molecule has 0 aromatic heterocycles. The minimum Gasteiger partial charge on any atom is -0.361 e. The first-order valence-electron chi connectivity index (χ1n) is 17.2. The number of allylic oxidation sites excluding steroid dienone is 3. The minimum atomic E-state index is -0.0659. The smallest absolute Gasteiger partial charge is 0.0708 e. The van der Waals surface area contributed by atoms with Crippen molar-refractivity contribution in [1.29, 1.82) is 0 Å². The van der Waals surface area contributed by atoms with Crippen molar-refractivity contribution in [3.05, 3.63) is 124 Å². The number of hydrogen-bond acceptors (Lipinski definition) is 2. The van der Waals surface area contributed by atoms with E-state index in [0.717, 1.165) is 22.2 Å². The number of aryl methyl sites for hydroxylation is 1. The topological polar surface area (TPSA) is 24.4 Å². The van der Waals surface area contributed by atoms with E-state index >= 15 is 0 Å². The first-order chi connectivity index (χ1) is 22.4. The van der Waals surface area contributed by atoms with E-state index in [1.54, 1.807) is 0 Å². The van der Waals surface area contributed by atoms with Crippen molar-refractivity contribution in [1.82, 2.24) is 0 Å². The molecule has 0 saturated heterocycles. The van der Waals surface area contributed by atoms with E-state index in [1.165, 1.54) is 49.7 Å². The summed E-state index contributed by atoms with van der Waals surface area (Å²) in [4.78, 5) is 4.79. The molecule has 1 aliphatic heterocycles. The van der Waals surface area contributed by atoms with Gasteiger partial charge in [-0.15, -0.1) is 0 Å². The second-order valence-electron chi connectivity index (χ2n) is 10.7. The molecule has 4 aromatic rings. The number of aliphatic imine (C=N–C) groups is 1. The lowest BCUT2D eigenvalue weighted by Crippen LogP contribution is -2.32. The molecule has 1 aliphatic carbocycles. The number of para-hydroxylation sites is 1. The van der Waals surface area contributed by atoms with Gasteiger partial charge in [0.25, 0.3) is 0 Å². The lowest BCUT2D eigenvalue weighted by molar-refractivity contribution is 0.654. The molecule has 46 heavy (non-hydrogen) atoms. The van der Waals surface area contributed by atoms with E-state index in [1.807, 2.05) is 73.7 Å². The largest absolute Gasteiger partial charge is 0.361 e. The zero-order valence-electron chi connectivity index (χ0n) is 30.5. The molecular formula is C44H56N2. The van der Waals surface area contributed by atoms with Gasteiger partial charge in [-0.05, 0) is 87.9 Å². The Labute approximate surface area is 280 Å². The molecule has 0 saturated carbocycles. The minimum absolute atomic E-state index is 0.0659. The van der Waals surface area contributed by atoms with Gasteiger partial charge < -0.3 is 5.32 Å². The third-order valence-electron chi connectivity index (χ3n) is 8.08. The average Bonchev–Trinajstić information content (AvgIpc) is 3.30. The van der Waals surface area contributed by atoms with Crippen LogP contribution in [0.2, 0.25) is 0 Å². The molecule has 0 fully saturated rings. The first kappa shape index (κ1) is 37.8. The van der Waals surface area contributed by atoms with Gasteiger partial charge in [0.05, 0.1) is 5.69 Å². The highest BCUT2D eigenvalue weighted by atomic mass is 14.8. The maximum Gasteiger partial charge on any atom is 0.0708 e. The molecule has 1 N–H and O–H groups in total. The van der Waals surface area contributed by atoms with Gasteiger partial charge in [0, 0.05) is 34.3 Å². The van der Waals surface area contributed by atoms with Crippen molar-refractivity contribution in [2.75, 3.05) is 5.32 Å². The molecule has 0 amide bonds. The van der Waals surface area contributed by atoms with Crippen molar-refractivity contribution in [3.63, 3.8) is 0 Å². The monoisotopic (exact) mass is 612 g/mol. The molecule has 6 rings (SSSR count). The van der Waals surface area contributed by atoms with Gasteiger partial charge in [-0.2, -0.15) is 0 Å². The second-order valence-corrected chi connectivity index (χ2v) is 10.7. The maximum absolute atomic E-state index is 4.79. The molecule has 2 heteroatoms. The van der Waals surface area contributed by atoms with Crippen LogP contribution in [0.1, 0.15) is 92.9 Å². The summed E-state index contributed by atoms with van der Waals surface area (Å²) in [5, 5.41) is 6.00. The maximum atomic E-state index is 4.79. The number of nitrogens with one attached hydrogen (secondary N) is 1. The van der Waals surface area contributed by atoms with Gasteiger partial charge in [-0.25, -0.2) is 0 Å². The lowest BCUT2D eigenvalue weighted by atomic mass is 9.81. The molecule has 4 aromatic carbocycles. The van der Waals surface area contributed by atoms with Crippen LogP contribution in [0.3, 0.4) is 0 Å². The van der Waals surface area contributed by atoms with Gasteiger partial charge in [0.1, 0.15) is 0 Å². The Balaban J connectivity index is 0.000000856. The van der Waals surface area contributed by atoms with Crippen molar-refractivity contribution in [2.45, 2.75) is 88.5 Å². The Bertz CT molecular complexity index is 1780. The third kappa shape index (κ3) is 7.50. The molecule has 2 aliphatic rings. The van der Waals surface area contributed by atoms with Gasteiger partial charge in [0.15, 0.2) is 0 Å². The average molecular weight is 613 g/mol. The highest BCUT2D eigenvalue weighted by Crippen LogP contribution is 2.47. The van der Waals surface area contributed by atoms with E-state index in [-0.39, 0.29) is 5.41 Å². The predicted octanol–water partition coefficient (Wildman–Crippen LogP) is 12.0. The predicted molar refractivity (Wildman–Crippen MR) is 210 cm³/mol. The van der Waals surface area contributed by atoms with E-state index in [0.29, 0.717) is 0 Å². The number of hydrogen-bond donors (Lipinski definition) is 1. The van der Waals surface area contributed by atoms with Crippen LogP contribution in [0.4, 0.5) is 11.4 Å². The van der Waals surface area contributed by atoms with E-state index < -0.39 is 0 Å². The summed E-state index contributed by atoms with van der Waals surface area (Å²) in [5.74, 6) is 0. The fourth-order valence-electron chi connectivity index (χ4n) is 6.20. The summed E-state index contributed by atoms with van der Waals surface area (Å²) >= 11 is 0. The summed E-state index contributed by atoms with van der Waals surface area (Å²) in [7, 11) is 0. The van der Waals surface area contributed by atoms with Crippen LogP contribution in [0.5, 0.6) is 0 Å². The quantitative estimate of drug-likeness (QED) is 0.244. The number of rotatable bonds is 4. The van der Waals surface area contributed by atoms with Crippen molar-refractivity contribution in [2.24, 2.45) is 4.99 Å². The zero-order chi connectivity index (χ0) is 34.4. The fourth-order valence-corrected chi connectivity index (χ4v) is 6.20. The standard InChI is InChI=1S/C36H32N2.4C2H6/c1-6-32-24(3)27-17-16-26(21-33(27)36(32,4)5)38-22-31-29-18-19-37-34-15-11-10-14-28(34)30(31)20-23(2)35(29)25-12-8-7-9-13-25;4*1-2/h6-22,38H,1H2,2-5H3;4*1-2H3/b19-18?,29-18?,30-28?,31-22-,37-19?,37-34?;;;;. The van der Waals surface area contributed by atoms with Crippen LogP contribution in [0.15, 0.2) is 102 Å². The van der Waals surface area contributed by atoms with Crippen molar-refractivity contribution in [3.8, 4) is 22.3 Å². The van der Waals surface area contributed by atoms with E-state index in [9.17, 15) is 0 Å². The van der Waals surface area contributed by atoms with Gasteiger partial charge >= 0.3 is 0 Å². The number of anilines is 1.